The van der Waals surface area contributed by atoms with E-state index in [2.05, 4.69) is 24.3 Å². The summed E-state index contributed by atoms with van der Waals surface area (Å²) < 4.78 is 8.61. The number of rotatable bonds is 4. The highest BCUT2D eigenvalue weighted by atomic mass is 16.3. The van der Waals surface area contributed by atoms with Gasteiger partial charge in [0.1, 0.15) is 11.6 Å². The Morgan fingerprint density at radius 3 is 2.92 bits per heavy atom. The van der Waals surface area contributed by atoms with Crippen LogP contribution < -0.4 is 11.0 Å². The summed E-state index contributed by atoms with van der Waals surface area (Å²) in [5.74, 6) is 1.89. The molecule has 2 amide bonds. The fraction of sp³-hybridized carbons (Fsp3) is 0.611. The first-order chi connectivity index (χ1) is 12.5. The predicted molar refractivity (Wildman–Crippen MR) is 94.6 cm³/mol. The standard InChI is InChI=1S/C18H25N5O3/c1-12(2)10-22-18(25)21-11-14-6-5-13(8-16(21)20-22)23(14)17(24)19-9-15-4-3-7-26-15/h3-4,7,12-14H,5-6,8-11H2,1-2H3,(H,19,24). The van der Waals surface area contributed by atoms with Crippen molar-refractivity contribution in [1.29, 1.82) is 0 Å². The molecule has 0 saturated carbocycles. The number of urea groups is 1. The van der Waals surface area contributed by atoms with Crippen LogP contribution in [0.25, 0.3) is 0 Å². The molecule has 2 bridgehead atoms. The van der Waals surface area contributed by atoms with Crippen molar-refractivity contribution in [2.75, 3.05) is 0 Å². The fourth-order valence-corrected chi connectivity index (χ4v) is 4.05. The summed E-state index contributed by atoms with van der Waals surface area (Å²) >= 11 is 0. The van der Waals surface area contributed by atoms with Crippen molar-refractivity contribution in [3.05, 3.63) is 40.5 Å². The summed E-state index contributed by atoms with van der Waals surface area (Å²) in [6, 6.07) is 3.67. The van der Waals surface area contributed by atoms with Gasteiger partial charge >= 0.3 is 11.7 Å². The molecule has 26 heavy (non-hydrogen) atoms. The maximum Gasteiger partial charge on any atom is 0.345 e. The largest absolute Gasteiger partial charge is 0.467 e. The number of hydrogen-bond donors (Lipinski definition) is 1. The first-order valence-corrected chi connectivity index (χ1v) is 9.28. The molecule has 140 valence electrons. The van der Waals surface area contributed by atoms with Gasteiger partial charge in [-0.1, -0.05) is 13.8 Å². The van der Waals surface area contributed by atoms with Crippen LogP contribution in [0.2, 0.25) is 0 Å². The topological polar surface area (TPSA) is 85.3 Å². The van der Waals surface area contributed by atoms with Crippen LogP contribution in [0.15, 0.2) is 27.6 Å². The van der Waals surface area contributed by atoms with E-state index in [1.165, 1.54) is 0 Å². The molecule has 2 aromatic heterocycles. The van der Waals surface area contributed by atoms with Gasteiger partial charge in [-0.05, 0) is 30.9 Å². The van der Waals surface area contributed by atoms with Crippen molar-refractivity contribution in [2.24, 2.45) is 5.92 Å². The number of hydrogen-bond acceptors (Lipinski definition) is 4. The van der Waals surface area contributed by atoms with Crippen molar-refractivity contribution < 1.29 is 9.21 Å². The first kappa shape index (κ1) is 16.9. The average molecular weight is 359 g/mol. The van der Waals surface area contributed by atoms with Gasteiger partial charge in [-0.15, -0.1) is 0 Å². The van der Waals surface area contributed by atoms with Crippen molar-refractivity contribution in [1.82, 2.24) is 24.6 Å². The molecule has 1 N–H and O–H groups in total. The van der Waals surface area contributed by atoms with Crippen molar-refractivity contribution in [3.63, 3.8) is 0 Å². The molecule has 0 radical (unpaired) electrons. The maximum atomic E-state index is 12.7. The smallest absolute Gasteiger partial charge is 0.345 e. The number of amides is 2. The minimum absolute atomic E-state index is 0.0345. The molecule has 4 rings (SSSR count). The summed E-state index contributed by atoms with van der Waals surface area (Å²) in [5, 5.41) is 7.48. The zero-order valence-electron chi connectivity index (χ0n) is 15.2. The van der Waals surface area contributed by atoms with E-state index >= 15 is 0 Å². The Morgan fingerprint density at radius 2 is 2.19 bits per heavy atom. The van der Waals surface area contributed by atoms with Crippen LogP contribution in [0.3, 0.4) is 0 Å². The predicted octanol–water partition coefficient (Wildman–Crippen LogP) is 1.59. The van der Waals surface area contributed by atoms with Gasteiger partial charge in [-0.3, -0.25) is 4.57 Å². The minimum Gasteiger partial charge on any atom is -0.467 e. The highest BCUT2D eigenvalue weighted by molar-refractivity contribution is 5.75. The van der Waals surface area contributed by atoms with E-state index in [1.54, 1.807) is 21.6 Å². The number of carbonyl (C=O) groups excluding carboxylic acids is 1. The molecule has 8 heteroatoms. The van der Waals surface area contributed by atoms with E-state index in [9.17, 15) is 9.59 Å². The Balaban J connectivity index is 1.51. The Morgan fingerprint density at radius 1 is 1.38 bits per heavy atom. The normalized spacial score (nSPS) is 21.7. The lowest BCUT2D eigenvalue weighted by Gasteiger charge is -2.27. The molecule has 1 fully saturated rings. The fourth-order valence-electron chi connectivity index (χ4n) is 4.05. The molecular weight excluding hydrogens is 334 g/mol. The molecule has 2 unspecified atom stereocenters. The molecule has 1 saturated heterocycles. The molecule has 2 atom stereocenters. The molecule has 0 spiro atoms. The van der Waals surface area contributed by atoms with Gasteiger partial charge < -0.3 is 14.6 Å². The van der Waals surface area contributed by atoms with Crippen molar-refractivity contribution >= 4 is 6.03 Å². The van der Waals surface area contributed by atoms with Crippen LogP contribution in [-0.4, -0.2) is 37.4 Å². The van der Waals surface area contributed by atoms with Crippen LogP contribution in [0.4, 0.5) is 4.79 Å². The summed E-state index contributed by atoms with van der Waals surface area (Å²) in [4.78, 5) is 27.3. The van der Waals surface area contributed by atoms with Crippen LogP contribution in [0, 0.1) is 5.92 Å². The zero-order valence-corrected chi connectivity index (χ0v) is 15.2. The number of furan rings is 1. The summed E-state index contributed by atoms with van der Waals surface area (Å²) in [6.45, 7) is 5.67. The van der Waals surface area contributed by atoms with E-state index in [4.69, 9.17) is 4.42 Å². The third-order valence-electron chi connectivity index (χ3n) is 5.20. The van der Waals surface area contributed by atoms with Crippen LogP contribution in [0.1, 0.15) is 38.3 Å². The molecule has 2 aliphatic heterocycles. The SMILES string of the molecule is CC(C)Cn1nc2n(c1=O)CC1CCC(C2)N1C(=O)NCc1ccco1. The Hall–Kier alpha value is -2.51. The highest BCUT2D eigenvalue weighted by Gasteiger charge is 2.41. The molecule has 2 aromatic rings. The minimum atomic E-state index is -0.0952. The van der Waals surface area contributed by atoms with Gasteiger partial charge in [-0.25, -0.2) is 14.3 Å². The van der Waals surface area contributed by atoms with E-state index in [-0.39, 0.29) is 23.8 Å². The van der Waals surface area contributed by atoms with Gasteiger partial charge in [-0.2, -0.15) is 5.10 Å². The van der Waals surface area contributed by atoms with Gasteiger partial charge in [0, 0.05) is 25.6 Å². The summed E-state index contributed by atoms with van der Waals surface area (Å²) in [6.07, 6.45) is 4.09. The number of aromatic nitrogens is 3. The van der Waals surface area contributed by atoms with E-state index in [0.29, 0.717) is 32.0 Å². The second-order valence-corrected chi connectivity index (χ2v) is 7.62. The second-order valence-electron chi connectivity index (χ2n) is 7.62. The molecule has 0 aliphatic carbocycles. The number of carbonyl (C=O) groups is 1. The Labute approximate surface area is 151 Å². The van der Waals surface area contributed by atoms with E-state index in [1.807, 2.05) is 11.0 Å². The van der Waals surface area contributed by atoms with Crippen LogP contribution in [-0.2, 0) is 26.1 Å². The van der Waals surface area contributed by atoms with Gasteiger partial charge in [0.05, 0.1) is 18.8 Å². The summed E-state index contributed by atoms with van der Waals surface area (Å²) in [5.41, 5.74) is -0.0582. The number of nitrogens with one attached hydrogen (secondary N) is 1. The first-order valence-electron chi connectivity index (χ1n) is 9.28. The third-order valence-corrected chi connectivity index (χ3v) is 5.20. The zero-order chi connectivity index (χ0) is 18.3. The monoisotopic (exact) mass is 359 g/mol. The van der Waals surface area contributed by atoms with Gasteiger partial charge in [0.2, 0.25) is 0 Å². The van der Waals surface area contributed by atoms with Crippen LogP contribution >= 0.6 is 0 Å². The molecule has 8 nitrogen and oxygen atoms in total. The van der Waals surface area contributed by atoms with Crippen LogP contribution in [0.5, 0.6) is 0 Å². The lowest BCUT2D eigenvalue weighted by molar-refractivity contribution is 0.169. The molecule has 0 aromatic carbocycles. The molecule has 4 heterocycles. The number of fused-ring (bicyclic) bond motifs is 3. The Kier molecular flexibility index (Phi) is 4.34. The lowest BCUT2D eigenvalue weighted by Crippen LogP contribution is -2.47. The summed E-state index contributed by atoms with van der Waals surface area (Å²) in [7, 11) is 0. The van der Waals surface area contributed by atoms with Crippen molar-refractivity contribution in [2.45, 2.75) is 64.8 Å². The van der Waals surface area contributed by atoms with Gasteiger partial charge in [0.15, 0.2) is 0 Å². The highest BCUT2D eigenvalue weighted by Crippen LogP contribution is 2.30. The van der Waals surface area contributed by atoms with E-state index in [0.717, 1.165) is 24.4 Å². The quantitative estimate of drug-likeness (QED) is 0.898. The third kappa shape index (κ3) is 3.04. The maximum absolute atomic E-state index is 12.7. The number of nitrogens with zero attached hydrogens (tertiary/aromatic N) is 4. The molecule has 2 aliphatic rings. The van der Waals surface area contributed by atoms with Gasteiger partial charge in [0.25, 0.3) is 0 Å². The lowest BCUT2D eigenvalue weighted by atomic mass is 10.1. The van der Waals surface area contributed by atoms with Crippen molar-refractivity contribution in [3.8, 4) is 0 Å². The second kappa shape index (κ2) is 6.66. The van der Waals surface area contributed by atoms with E-state index < -0.39 is 0 Å². The average Bonchev–Trinajstić information content (AvgIpc) is 3.26. The molecular formula is C18H25N5O3. The Bertz CT molecular complexity index is 836.